The second-order valence-corrected chi connectivity index (χ2v) is 4.97. The lowest BCUT2D eigenvalue weighted by atomic mass is 9.90. The van der Waals surface area contributed by atoms with Crippen molar-refractivity contribution in [1.29, 1.82) is 0 Å². The maximum Gasteiger partial charge on any atom is 0.332 e. The zero-order valence-electron chi connectivity index (χ0n) is 9.78. The summed E-state index contributed by atoms with van der Waals surface area (Å²) >= 11 is 0. The molecule has 16 heavy (non-hydrogen) atoms. The summed E-state index contributed by atoms with van der Waals surface area (Å²) in [5.41, 5.74) is 0.00113. The molecule has 1 N–H and O–H groups in total. The van der Waals surface area contributed by atoms with Crippen molar-refractivity contribution in [3.05, 3.63) is 0 Å². The molecule has 0 aromatic rings. The van der Waals surface area contributed by atoms with Gasteiger partial charge in [0.2, 0.25) is 0 Å². The molecule has 1 aliphatic carbocycles. The molecule has 0 bridgehead atoms. The lowest BCUT2D eigenvalue weighted by Gasteiger charge is -2.38. The fourth-order valence-electron chi connectivity index (χ4n) is 2.81. The van der Waals surface area contributed by atoms with Gasteiger partial charge in [-0.3, -0.25) is 0 Å². The summed E-state index contributed by atoms with van der Waals surface area (Å²) in [6.45, 7) is 2.30. The van der Waals surface area contributed by atoms with E-state index in [2.05, 4.69) is 0 Å². The predicted molar refractivity (Wildman–Crippen MR) is 58.4 cm³/mol. The molecule has 2 rings (SSSR count). The van der Waals surface area contributed by atoms with Gasteiger partial charge in [0.15, 0.2) is 6.10 Å². The maximum atomic E-state index is 10.7. The summed E-state index contributed by atoms with van der Waals surface area (Å²) < 4.78 is 11.4. The van der Waals surface area contributed by atoms with Gasteiger partial charge in [-0.05, 0) is 26.2 Å². The molecule has 0 radical (unpaired) electrons. The number of carbonyl (C=O) groups is 1. The van der Waals surface area contributed by atoms with Gasteiger partial charge in [-0.25, -0.2) is 4.79 Å². The molecule has 2 aliphatic rings. The van der Waals surface area contributed by atoms with Crippen LogP contribution < -0.4 is 0 Å². The minimum absolute atomic E-state index is 0.00113. The van der Waals surface area contributed by atoms with E-state index in [9.17, 15) is 4.79 Å². The molecule has 92 valence electrons. The van der Waals surface area contributed by atoms with Crippen LogP contribution >= 0.6 is 0 Å². The minimum Gasteiger partial charge on any atom is -0.479 e. The number of hydrogen-bond donors (Lipinski definition) is 1. The summed E-state index contributed by atoms with van der Waals surface area (Å²) in [6, 6.07) is 0. The Morgan fingerprint density at radius 3 is 2.81 bits per heavy atom. The molecule has 1 saturated carbocycles. The van der Waals surface area contributed by atoms with Crippen LogP contribution in [0.15, 0.2) is 0 Å². The molecular weight excluding hydrogens is 208 g/mol. The first kappa shape index (κ1) is 11.9. The van der Waals surface area contributed by atoms with Crippen LogP contribution in [-0.4, -0.2) is 35.5 Å². The number of hydrogen-bond acceptors (Lipinski definition) is 3. The van der Waals surface area contributed by atoms with Crippen molar-refractivity contribution < 1.29 is 19.4 Å². The Hall–Kier alpha value is -0.610. The van der Waals surface area contributed by atoms with Gasteiger partial charge in [0.1, 0.15) is 0 Å². The zero-order chi connectivity index (χ0) is 11.6. The summed E-state index contributed by atoms with van der Waals surface area (Å²) in [7, 11) is 0. The van der Waals surface area contributed by atoms with E-state index >= 15 is 0 Å². The highest BCUT2D eigenvalue weighted by atomic mass is 16.5. The minimum atomic E-state index is -0.882. The van der Waals surface area contributed by atoms with Crippen LogP contribution in [0.25, 0.3) is 0 Å². The van der Waals surface area contributed by atoms with Gasteiger partial charge in [0, 0.05) is 13.0 Å². The van der Waals surface area contributed by atoms with Crippen molar-refractivity contribution in [1.82, 2.24) is 0 Å². The Morgan fingerprint density at radius 2 is 2.19 bits per heavy atom. The van der Waals surface area contributed by atoms with Crippen LogP contribution in [0.2, 0.25) is 0 Å². The maximum absolute atomic E-state index is 10.7. The quantitative estimate of drug-likeness (QED) is 0.802. The summed E-state index contributed by atoms with van der Waals surface area (Å²) in [6.07, 6.45) is 5.69. The van der Waals surface area contributed by atoms with Crippen molar-refractivity contribution in [3.63, 3.8) is 0 Å². The van der Waals surface area contributed by atoms with E-state index in [0.717, 1.165) is 25.7 Å². The molecule has 1 saturated heterocycles. The normalized spacial score (nSPS) is 30.4. The molecule has 4 heteroatoms. The Kier molecular flexibility index (Phi) is 3.50. The molecule has 1 unspecified atom stereocenters. The molecule has 0 aromatic heterocycles. The fourth-order valence-corrected chi connectivity index (χ4v) is 2.81. The van der Waals surface area contributed by atoms with Crippen LogP contribution in [0.1, 0.15) is 45.4 Å². The monoisotopic (exact) mass is 228 g/mol. The zero-order valence-corrected chi connectivity index (χ0v) is 9.78. The van der Waals surface area contributed by atoms with Crippen molar-refractivity contribution >= 4 is 5.97 Å². The third-order valence-corrected chi connectivity index (χ3v) is 3.71. The summed E-state index contributed by atoms with van der Waals surface area (Å²) in [5.74, 6) is -0.882. The van der Waals surface area contributed by atoms with Gasteiger partial charge in [-0.15, -0.1) is 0 Å². The van der Waals surface area contributed by atoms with Crippen LogP contribution in [0.5, 0.6) is 0 Å². The Balaban J connectivity index is 1.89. The van der Waals surface area contributed by atoms with Gasteiger partial charge in [-0.2, -0.15) is 0 Å². The molecule has 4 nitrogen and oxygen atoms in total. The van der Waals surface area contributed by atoms with Crippen molar-refractivity contribution in [3.8, 4) is 0 Å². The molecule has 0 aromatic carbocycles. The first-order valence-electron chi connectivity index (χ1n) is 6.14. The van der Waals surface area contributed by atoms with Crippen molar-refractivity contribution in [2.75, 3.05) is 6.61 Å². The highest BCUT2D eigenvalue weighted by molar-refractivity contribution is 5.71. The fraction of sp³-hybridized carbons (Fsp3) is 0.917. The van der Waals surface area contributed by atoms with E-state index in [1.807, 2.05) is 0 Å². The first-order valence-corrected chi connectivity index (χ1v) is 6.14. The third kappa shape index (κ3) is 2.55. The van der Waals surface area contributed by atoms with Gasteiger partial charge < -0.3 is 14.6 Å². The molecule has 1 heterocycles. The predicted octanol–water partition coefficient (Wildman–Crippen LogP) is 1.97. The third-order valence-electron chi connectivity index (χ3n) is 3.71. The van der Waals surface area contributed by atoms with Crippen LogP contribution in [0.4, 0.5) is 0 Å². The average Bonchev–Trinajstić information content (AvgIpc) is 2.66. The van der Waals surface area contributed by atoms with E-state index < -0.39 is 12.1 Å². The van der Waals surface area contributed by atoms with Gasteiger partial charge >= 0.3 is 5.97 Å². The second kappa shape index (κ2) is 4.72. The average molecular weight is 228 g/mol. The number of rotatable bonds is 3. The highest BCUT2D eigenvalue weighted by Crippen LogP contribution is 2.40. The van der Waals surface area contributed by atoms with Gasteiger partial charge in [-0.1, -0.05) is 12.8 Å². The molecule has 0 amide bonds. The Bertz CT molecular complexity index is 258. The second-order valence-electron chi connectivity index (χ2n) is 4.97. The largest absolute Gasteiger partial charge is 0.479 e. The smallest absolute Gasteiger partial charge is 0.332 e. The van der Waals surface area contributed by atoms with E-state index in [-0.39, 0.29) is 11.7 Å². The molecule has 1 aliphatic heterocycles. The van der Waals surface area contributed by atoms with E-state index in [4.69, 9.17) is 14.6 Å². The number of aliphatic carboxylic acids is 1. The van der Waals surface area contributed by atoms with E-state index in [0.29, 0.717) is 6.61 Å². The van der Waals surface area contributed by atoms with Crippen LogP contribution in [0, 0.1) is 0 Å². The molecule has 2 fully saturated rings. The van der Waals surface area contributed by atoms with Crippen LogP contribution in [-0.2, 0) is 14.3 Å². The molecular formula is C12H20O4. The van der Waals surface area contributed by atoms with E-state index in [1.54, 1.807) is 6.92 Å². The lowest BCUT2D eigenvalue weighted by molar-refractivity contribution is -0.168. The van der Waals surface area contributed by atoms with Crippen molar-refractivity contribution in [2.45, 2.75) is 63.3 Å². The lowest BCUT2D eigenvalue weighted by Crippen LogP contribution is -2.42. The number of carboxylic acid groups (broad SMARTS) is 1. The first-order chi connectivity index (χ1) is 7.61. The standard InChI is InChI=1S/C12H20O4/c1-9(11(13)14)16-10-4-7-15-12(8-10)5-2-3-6-12/h9-10H,2-8H2,1H3,(H,13,14)/t9-,10?/m0/s1. The topological polar surface area (TPSA) is 55.8 Å². The van der Waals surface area contributed by atoms with Crippen molar-refractivity contribution in [2.24, 2.45) is 0 Å². The highest BCUT2D eigenvalue weighted by Gasteiger charge is 2.40. The Morgan fingerprint density at radius 1 is 1.50 bits per heavy atom. The molecule has 1 spiro atoms. The van der Waals surface area contributed by atoms with E-state index in [1.165, 1.54) is 12.8 Å². The van der Waals surface area contributed by atoms with Gasteiger partial charge in [0.05, 0.1) is 11.7 Å². The molecule has 2 atom stereocenters. The summed E-state index contributed by atoms with van der Waals surface area (Å²) in [4.78, 5) is 10.7. The van der Waals surface area contributed by atoms with Crippen LogP contribution in [0.3, 0.4) is 0 Å². The van der Waals surface area contributed by atoms with Gasteiger partial charge in [0.25, 0.3) is 0 Å². The summed E-state index contributed by atoms with van der Waals surface area (Å²) in [5, 5.41) is 8.81. The number of ether oxygens (including phenoxy) is 2. The number of carboxylic acids is 1. The Labute approximate surface area is 95.9 Å². The SMILES string of the molecule is C[C@H](OC1CCOC2(CCCC2)C1)C(=O)O.